The third-order valence-corrected chi connectivity index (χ3v) is 3.34. The highest BCUT2D eigenvalue weighted by Gasteiger charge is 2.06. The number of anilines is 2. The van der Waals surface area contributed by atoms with Crippen LogP contribution in [0.2, 0.25) is 0 Å². The van der Waals surface area contributed by atoms with E-state index in [4.69, 9.17) is 17.0 Å². The topological polar surface area (TPSA) is 50.4 Å². The van der Waals surface area contributed by atoms with Gasteiger partial charge in [-0.1, -0.05) is 6.07 Å². The maximum atomic E-state index is 11.6. The fourth-order valence-electron chi connectivity index (χ4n) is 2.24. The summed E-state index contributed by atoms with van der Waals surface area (Å²) in [7, 11) is 0. The first-order valence-corrected chi connectivity index (χ1v) is 7.82. The molecule has 0 aliphatic carbocycles. The number of carbonyl (C=O) groups is 1. The summed E-state index contributed by atoms with van der Waals surface area (Å²) in [6, 6.07) is 13.2. The van der Waals surface area contributed by atoms with Gasteiger partial charge in [0.15, 0.2) is 5.11 Å². The number of thiocarbonyl (C=S) groups is 1. The number of aryl methyl sites for hydroxylation is 2. The highest BCUT2D eigenvalue weighted by Crippen LogP contribution is 2.15. The predicted molar refractivity (Wildman–Crippen MR) is 98.2 cm³/mol. The molecule has 2 rings (SSSR count). The molecule has 0 bridgehead atoms. The second-order valence-electron chi connectivity index (χ2n) is 5.25. The maximum absolute atomic E-state index is 11.6. The van der Waals surface area contributed by atoms with Gasteiger partial charge in [0, 0.05) is 11.4 Å². The van der Waals surface area contributed by atoms with Crippen LogP contribution in [0.5, 0.6) is 0 Å². The molecule has 0 unspecified atom stereocenters. The highest BCUT2D eigenvalue weighted by molar-refractivity contribution is 7.80. The van der Waals surface area contributed by atoms with Gasteiger partial charge < -0.3 is 15.4 Å². The van der Waals surface area contributed by atoms with E-state index in [1.54, 1.807) is 31.2 Å². The number of rotatable bonds is 4. The van der Waals surface area contributed by atoms with Crippen LogP contribution in [0.15, 0.2) is 42.5 Å². The van der Waals surface area contributed by atoms with Crippen molar-refractivity contribution in [2.24, 2.45) is 0 Å². The number of esters is 1. The standard InChI is InChI=1S/C18H20N2O2S/c1-4-22-17(21)14-5-7-15(8-6-14)19-18(23)20-16-10-12(2)9-13(3)11-16/h5-11H,4H2,1-3H3,(H2,19,20,23). The third kappa shape index (κ3) is 5.07. The van der Waals surface area contributed by atoms with Gasteiger partial charge in [-0.2, -0.15) is 0 Å². The zero-order valence-corrected chi connectivity index (χ0v) is 14.3. The first-order valence-electron chi connectivity index (χ1n) is 7.41. The van der Waals surface area contributed by atoms with E-state index in [1.165, 1.54) is 11.1 Å². The van der Waals surface area contributed by atoms with E-state index in [2.05, 4.69) is 16.7 Å². The van der Waals surface area contributed by atoms with Crippen LogP contribution in [0.25, 0.3) is 0 Å². The van der Waals surface area contributed by atoms with Crippen molar-refractivity contribution < 1.29 is 9.53 Å². The molecule has 0 radical (unpaired) electrons. The Labute approximate surface area is 141 Å². The number of nitrogens with one attached hydrogen (secondary N) is 2. The van der Waals surface area contributed by atoms with Gasteiger partial charge in [0.1, 0.15) is 0 Å². The summed E-state index contributed by atoms with van der Waals surface area (Å²) in [5.41, 5.74) is 4.62. The van der Waals surface area contributed by atoms with E-state index >= 15 is 0 Å². The number of hydrogen-bond donors (Lipinski definition) is 2. The zero-order chi connectivity index (χ0) is 16.8. The fourth-order valence-corrected chi connectivity index (χ4v) is 2.48. The lowest BCUT2D eigenvalue weighted by Gasteiger charge is -2.12. The summed E-state index contributed by atoms with van der Waals surface area (Å²) in [5.74, 6) is -0.324. The molecule has 0 amide bonds. The summed E-state index contributed by atoms with van der Waals surface area (Å²) in [4.78, 5) is 11.6. The van der Waals surface area contributed by atoms with E-state index < -0.39 is 0 Å². The van der Waals surface area contributed by atoms with Crippen LogP contribution in [0.1, 0.15) is 28.4 Å². The molecule has 0 saturated heterocycles. The average molecular weight is 328 g/mol. The van der Waals surface area contributed by atoms with Gasteiger partial charge in [0.05, 0.1) is 12.2 Å². The van der Waals surface area contributed by atoms with Gasteiger partial charge in [-0.25, -0.2) is 4.79 Å². The van der Waals surface area contributed by atoms with Crippen molar-refractivity contribution >= 4 is 34.7 Å². The van der Waals surface area contributed by atoms with E-state index in [1.807, 2.05) is 26.0 Å². The molecule has 23 heavy (non-hydrogen) atoms. The van der Waals surface area contributed by atoms with Gasteiger partial charge in [0.2, 0.25) is 0 Å². The van der Waals surface area contributed by atoms with Gasteiger partial charge in [-0.15, -0.1) is 0 Å². The molecule has 0 aliphatic rings. The van der Waals surface area contributed by atoms with E-state index in [-0.39, 0.29) is 5.97 Å². The Balaban J connectivity index is 1.98. The molecule has 0 heterocycles. The Bertz CT molecular complexity index is 691. The SMILES string of the molecule is CCOC(=O)c1ccc(NC(=S)Nc2cc(C)cc(C)c2)cc1. The molecular formula is C18H20N2O2S. The maximum Gasteiger partial charge on any atom is 0.338 e. The fraction of sp³-hybridized carbons (Fsp3) is 0.222. The van der Waals surface area contributed by atoms with Crippen LogP contribution in [-0.2, 0) is 4.74 Å². The van der Waals surface area contributed by atoms with Gasteiger partial charge in [-0.3, -0.25) is 0 Å². The van der Waals surface area contributed by atoms with Crippen molar-refractivity contribution in [3.05, 3.63) is 59.2 Å². The minimum atomic E-state index is -0.324. The van der Waals surface area contributed by atoms with Gasteiger partial charge in [0.25, 0.3) is 0 Å². The molecule has 0 aliphatic heterocycles. The molecule has 0 fully saturated rings. The Morgan fingerprint density at radius 2 is 1.57 bits per heavy atom. The molecule has 120 valence electrons. The van der Waals surface area contributed by atoms with Crippen molar-refractivity contribution in [2.75, 3.05) is 17.2 Å². The molecule has 0 atom stereocenters. The lowest BCUT2D eigenvalue weighted by Crippen LogP contribution is -2.19. The number of hydrogen-bond acceptors (Lipinski definition) is 3. The Morgan fingerprint density at radius 1 is 1.00 bits per heavy atom. The molecule has 4 nitrogen and oxygen atoms in total. The lowest BCUT2D eigenvalue weighted by molar-refractivity contribution is 0.0526. The quantitative estimate of drug-likeness (QED) is 0.648. The monoisotopic (exact) mass is 328 g/mol. The Hall–Kier alpha value is -2.40. The average Bonchev–Trinajstić information content (AvgIpc) is 2.47. The smallest absolute Gasteiger partial charge is 0.338 e. The van der Waals surface area contributed by atoms with Gasteiger partial charge >= 0.3 is 5.97 Å². The molecule has 2 aromatic carbocycles. The second-order valence-corrected chi connectivity index (χ2v) is 5.66. The van der Waals surface area contributed by atoms with Crippen molar-refractivity contribution in [2.45, 2.75) is 20.8 Å². The normalized spacial score (nSPS) is 10.0. The first-order chi connectivity index (χ1) is 11.0. The summed E-state index contributed by atoms with van der Waals surface area (Å²) in [6.07, 6.45) is 0. The van der Waals surface area contributed by atoms with E-state index in [0.29, 0.717) is 17.3 Å². The molecule has 0 saturated carbocycles. The molecule has 0 spiro atoms. The van der Waals surface area contributed by atoms with Crippen molar-refractivity contribution in [1.29, 1.82) is 0 Å². The molecule has 0 aromatic heterocycles. The second kappa shape index (κ2) is 7.74. The number of ether oxygens (including phenoxy) is 1. The minimum absolute atomic E-state index is 0.324. The molecular weight excluding hydrogens is 308 g/mol. The van der Waals surface area contributed by atoms with Crippen LogP contribution in [-0.4, -0.2) is 17.7 Å². The van der Waals surface area contributed by atoms with Crippen molar-refractivity contribution in [1.82, 2.24) is 0 Å². The Morgan fingerprint density at radius 3 is 2.13 bits per heavy atom. The number of carbonyl (C=O) groups excluding carboxylic acids is 1. The zero-order valence-electron chi connectivity index (χ0n) is 13.5. The van der Waals surface area contributed by atoms with E-state index in [9.17, 15) is 4.79 Å². The van der Waals surface area contributed by atoms with Gasteiger partial charge in [-0.05, 0) is 80.5 Å². The summed E-state index contributed by atoms with van der Waals surface area (Å²) in [6.45, 7) is 6.24. The first kappa shape index (κ1) is 17.0. The summed E-state index contributed by atoms with van der Waals surface area (Å²) < 4.78 is 4.95. The summed E-state index contributed by atoms with van der Waals surface area (Å²) >= 11 is 5.32. The van der Waals surface area contributed by atoms with Crippen LogP contribution in [0.4, 0.5) is 11.4 Å². The number of benzene rings is 2. The summed E-state index contributed by atoms with van der Waals surface area (Å²) in [5, 5.41) is 6.75. The highest BCUT2D eigenvalue weighted by atomic mass is 32.1. The molecule has 2 N–H and O–H groups in total. The van der Waals surface area contributed by atoms with E-state index in [0.717, 1.165) is 11.4 Å². The van der Waals surface area contributed by atoms with Crippen LogP contribution in [0, 0.1) is 13.8 Å². The Kier molecular flexibility index (Phi) is 5.71. The third-order valence-electron chi connectivity index (χ3n) is 3.13. The molecule has 2 aromatic rings. The van der Waals surface area contributed by atoms with Crippen LogP contribution in [0.3, 0.4) is 0 Å². The predicted octanol–water partition coefficient (Wildman–Crippen LogP) is 4.29. The van der Waals surface area contributed by atoms with Crippen molar-refractivity contribution in [3.63, 3.8) is 0 Å². The minimum Gasteiger partial charge on any atom is -0.462 e. The van der Waals surface area contributed by atoms with Crippen LogP contribution < -0.4 is 10.6 Å². The lowest BCUT2D eigenvalue weighted by atomic mass is 10.1. The van der Waals surface area contributed by atoms with Crippen LogP contribution >= 0.6 is 12.2 Å². The molecule has 5 heteroatoms. The van der Waals surface area contributed by atoms with Crippen molar-refractivity contribution in [3.8, 4) is 0 Å². The largest absolute Gasteiger partial charge is 0.462 e.